The lowest BCUT2D eigenvalue weighted by Gasteiger charge is -2.23. The molecule has 0 heterocycles. The summed E-state index contributed by atoms with van der Waals surface area (Å²) >= 11 is 0. The maximum absolute atomic E-state index is 12.5. The minimum absolute atomic E-state index is 0.0240. The van der Waals surface area contributed by atoms with Gasteiger partial charge in [0.1, 0.15) is 6.61 Å². The SMILES string of the molecule is Cc1ccccc1CN(CCCC(=O)O)C(=O)OCc1ccccc1. The van der Waals surface area contributed by atoms with Crippen molar-refractivity contribution in [3.05, 3.63) is 71.3 Å². The second-order valence-corrected chi connectivity index (χ2v) is 5.89. The zero-order valence-electron chi connectivity index (χ0n) is 14.4. The Kier molecular flexibility index (Phi) is 7.01. The standard InChI is InChI=1S/C20H23NO4/c1-16-8-5-6-11-18(16)14-21(13-7-12-19(22)23)20(24)25-15-17-9-3-2-4-10-17/h2-6,8-11H,7,12-15H2,1H3,(H,22,23). The fourth-order valence-electron chi connectivity index (χ4n) is 2.46. The fourth-order valence-corrected chi connectivity index (χ4v) is 2.46. The molecule has 0 atom stereocenters. The van der Waals surface area contributed by atoms with Gasteiger partial charge in [0.25, 0.3) is 0 Å². The van der Waals surface area contributed by atoms with Crippen molar-refractivity contribution in [1.29, 1.82) is 0 Å². The van der Waals surface area contributed by atoms with E-state index in [1.807, 2.05) is 61.5 Å². The average molecular weight is 341 g/mol. The fraction of sp³-hybridized carbons (Fsp3) is 0.300. The Hall–Kier alpha value is -2.82. The first kappa shape index (κ1) is 18.5. The lowest BCUT2D eigenvalue weighted by molar-refractivity contribution is -0.137. The number of aliphatic carboxylic acids is 1. The van der Waals surface area contributed by atoms with Crippen LogP contribution in [0.3, 0.4) is 0 Å². The minimum atomic E-state index is -0.867. The molecule has 0 saturated heterocycles. The Balaban J connectivity index is 2.00. The van der Waals surface area contributed by atoms with Gasteiger partial charge in [-0.15, -0.1) is 0 Å². The number of amides is 1. The van der Waals surface area contributed by atoms with Crippen molar-refractivity contribution in [3.63, 3.8) is 0 Å². The smallest absolute Gasteiger partial charge is 0.410 e. The molecule has 2 aromatic rings. The van der Waals surface area contributed by atoms with Crippen molar-refractivity contribution in [2.24, 2.45) is 0 Å². The first-order valence-electron chi connectivity index (χ1n) is 8.28. The number of rotatable bonds is 8. The lowest BCUT2D eigenvalue weighted by atomic mass is 10.1. The van der Waals surface area contributed by atoms with Crippen molar-refractivity contribution < 1.29 is 19.4 Å². The Morgan fingerprint density at radius 3 is 2.40 bits per heavy atom. The summed E-state index contributed by atoms with van der Waals surface area (Å²) in [4.78, 5) is 24.8. The second kappa shape index (κ2) is 9.47. The Bertz CT molecular complexity index is 700. The first-order chi connectivity index (χ1) is 12.1. The van der Waals surface area contributed by atoms with E-state index < -0.39 is 12.1 Å². The van der Waals surface area contributed by atoms with E-state index >= 15 is 0 Å². The van der Waals surface area contributed by atoms with E-state index in [4.69, 9.17) is 9.84 Å². The molecular formula is C20H23NO4. The molecular weight excluding hydrogens is 318 g/mol. The zero-order chi connectivity index (χ0) is 18.1. The van der Waals surface area contributed by atoms with Crippen LogP contribution in [0.15, 0.2) is 54.6 Å². The predicted octanol–water partition coefficient (Wildman–Crippen LogP) is 4.00. The molecule has 0 unspecified atom stereocenters. The van der Waals surface area contributed by atoms with E-state index in [-0.39, 0.29) is 13.0 Å². The number of carbonyl (C=O) groups is 2. The van der Waals surface area contributed by atoms with Crippen LogP contribution in [0.4, 0.5) is 4.79 Å². The molecule has 132 valence electrons. The molecule has 0 bridgehead atoms. The Morgan fingerprint density at radius 2 is 1.72 bits per heavy atom. The van der Waals surface area contributed by atoms with Crippen molar-refractivity contribution in [2.75, 3.05) is 6.54 Å². The highest BCUT2D eigenvalue weighted by atomic mass is 16.6. The molecule has 0 aliphatic rings. The highest BCUT2D eigenvalue weighted by Crippen LogP contribution is 2.13. The van der Waals surface area contributed by atoms with Crippen LogP contribution in [-0.2, 0) is 22.7 Å². The van der Waals surface area contributed by atoms with Crippen LogP contribution in [-0.4, -0.2) is 28.6 Å². The third-order valence-electron chi connectivity index (χ3n) is 3.90. The normalized spacial score (nSPS) is 10.3. The third-order valence-corrected chi connectivity index (χ3v) is 3.90. The molecule has 25 heavy (non-hydrogen) atoms. The van der Waals surface area contributed by atoms with Crippen LogP contribution in [0, 0.1) is 6.92 Å². The Morgan fingerprint density at radius 1 is 1.04 bits per heavy atom. The van der Waals surface area contributed by atoms with Crippen molar-refractivity contribution in [1.82, 2.24) is 4.90 Å². The molecule has 2 rings (SSSR count). The third kappa shape index (κ3) is 6.30. The summed E-state index contributed by atoms with van der Waals surface area (Å²) in [5.74, 6) is -0.867. The predicted molar refractivity (Wildman–Crippen MR) is 95.1 cm³/mol. The van der Waals surface area contributed by atoms with Crippen LogP contribution in [0.1, 0.15) is 29.5 Å². The molecule has 0 aromatic heterocycles. The van der Waals surface area contributed by atoms with E-state index in [1.54, 1.807) is 4.90 Å². The number of carbonyl (C=O) groups excluding carboxylic acids is 1. The van der Waals surface area contributed by atoms with E-state index in [9.17, 15) is 9.59 Å². The van der Waals surface area contributed by atoms with Gasteiger partial charge in [-0.05, 0) is 30.0 Å². The van der Waals surface area contributed by atoms with Gasteiger partial charge in [-0.3, -0.25) is 4.79 Å². The van der Waals surface area contributed by atoms with Crippen LogP contribution < -0.4 is 0 Å². The zero-order valence-corrected chi connectivity index (χ0v) is 14.4. The number of nitrogens with zero attached hydrogens (tertiary/aromatic N) is 1. The van der Waals surface area contributed by atoms with Gasteiger partial charge in [0.2, 0.25) is 0 Å². The highest BCUT2D eigenvalue weighted by Gasteiger charge is 2.17. The van der Waals surface area contributed by atoms with Gasteiger partial charge >= 0.3 is 12.1 Å². The molecule has 1 amide bonds. The molecule has 2 aromatic carbocycles. The summed E-state index contributed by atoms with van der Waals surface area (Å²) in [6.07, 6.45) is -0.0183. The van der Waals surface area contributed by atoms with Crippen LogP contribution in [0.5, 0.6) is 0 Å². The van der Waals surface area contributed by atoms with Crippen molar-refractivity contribution >= 4 is 12.1 Å². The first-order valence-corrected chi connectivity index (χ1v) is 8.28. The maximum atomic E-state index is 12.5. The Labute approximate surface area is 147 Å². The number of hydrogen-bond donors (Lipinski definition) is 1. The van der Waals surface area contributed by atoms with E-state index in [1.165, 1.54) is 0 Å². The molecule has 0 aliphatic carbocycles. The van der Waals surface area contributed by atoms with Crippen molar-refractivity contribution in [3.8, 4) is 0 Å². The van der Waals surface area contributed by atoms with Gasteiger partial charge in [-0.1, -0.05) is 54.6 Å². The molecule has 0 fully saturated rings. The molecule has 1 N–H and O–H groups in total. The highest BCUT2D eigenvalue weighted by molar-refractivity contribution is 5.68. The topological polar surface area (TPSA) is 66.8 Å². The van der Waals surface area contributed by atoms with Gasteiger partial charge in [-0.25, -0.2) is 4.79 Å². The summed E-state index contributed by atoms with van der Waals surface area (Å²) in [7, 11) is 0. The summed E-state index contributed by atoms with van der Waals surface area (Å²) in [5.41, 5.74) is 3.02. The molecule has 0 saturated carbocycles. The molecule has 0 radical (unpaired) electrons. The van der Waals surface area contributed by atoms with Gasteiger partial charge in [0, 0.05) is 19.5 Å². The minimum Gasteiger partial charge on any atom is -0.481 e. The van der Waals surface area contributed by atoms with Crippen LogP contribution in [0.25, 0.3) is 0 Å². The lowest BCUT2D eigenvalue weighted by Crippen LogP contribution is -2.32. The molecule has 5 nitrogen and oxygen atoms in total. The summed E-state index contributed by atoms with van der Waals surface area (Å²) in [6, 6.07) is 17.3. The van der Waals surface area contributed by atoms with Gasteiger partial charge in [-0.2, -0.15) is 0 Å². The average Bonchev–Trinajstić information content (AvgIpc) is 2.61. The van der Waals surface area contributed by atoms with E-state index in [2.05, 4.69) is 0 Å². The van der Waals surface area contributed by atoms with Gasteiger partial charge in [0.05, 0.1) is 0 Å². The van der Waals surface area contributed by atoms with Gasteiger partial charge < -0.3 is 14.7 Å². The monoisotopic (exact) mass is 341 g/mol. The van der Waals surface area contributed by atoms with E-state index in [0.29, 0.717) is 19.5 Å². The molecule has 5 heteroatoms. The number of ether oxygens (including phenoxy) is 1. The van der Waals surface area contributed by atoms with Gasteiger partial charge in [0.15, 0.2) is 0 Å². The molecule has 0 aliphatic heterocycles. The van der Waals surface area contributed by atoms with Crippen LogP contribution in [0.2, 0.25) is 0 Å². The number of aryl methyl sites for hydroxylation is 1. The summed E-state index contributed by atoms with van der Waals surface area (Å²) < 4.78 is 5.40. The number of hydrogen-bond acceptors (Lipinski definition) is 3. The number of carboxylic acids is 1. The largest absolute Gasteiger partial charge is 0.481 e. The summed E-state index contributed by atoms with van der Waals surface area (Å²) in [5, 5.41) is 8.82. The summed E-state index contributed by atoms with van der Waals surface area (Å²) in [6.45, 7) is 2.93. The van der Waals surface area contributed by atoms with Crippen LogP contribution >= 0.6 is 0 Å². The van der Waals surface area contributed by atoms with E-state index in [0.717, 1.165) is 16.7 Å². The number of carboxylic acid groups (broad SMARTS) is 1. The van der Waals surface area contributed by atoms with Crippen molar-refractivity contribution in [2.45, 2.75) is 32.9 Å². The number of benzene rings is 2. The second-order valence-electron chi connectivity index (χ2n) is 5.89. The maximum Gasteiger partial charge on any atom is 0.410 e. The quantitative estimate of drug-likeness (QED) is 0.788. The molecule has 0 spiro atoms.